The van der Waals surface area contributed by atoms with E-state index in [9.17, 15) is 4.79 Å². The van der Waals surface area contributed by atoms with Crippen LogP contribution < -0.4 is 9.80 Å². The molecule has 1 N–H and O–H groups in total. The Labute approximate surface area is 120 Å². The summed E-state index contributed by atoms with van der Waals surface area (Å²) >= 11 is 0. The highest BCUT2D eigenvalue weighted by Gasteiger charge is 2.10. The van der Waals surface area contributed by atoms with Crippen molar-refractivity contribution in [2.75, 3.05) is 57.6 Å². The summed E-state index contributed by atoms with van der Waals surface area (Å²) in [6.07, 6.45) is 1.93. The monoisotopic (exact) mass is 280 g/mol. The average molecular weight is 280 g/mol. The van der Waals surface area contributed by atoms with E-state index in [1.54, 1.807) is 6.20 Å². The second kappa shape index (κ2) is 7.69. The van der Waals surface area contributed by atoms with Gasteiger partial charge in [0, 0.05) is 33.7 Å². The highest BCUT2D eigenvalue weighted by Crippen LogP contribution is 2.16. The van der Waals surface area contributed by atoms with Crippen LogP contribution in [0.5, 0.6) is 0 Å². The summed E-state index contributed by atoms with van der Waals surface area (Å²) < 4.78 is 0. The van der Waals surface area contributed by atoms with E-state index in [1.165, 1.54) is 0 Å². The van der Waals surface area contributed by atoms with Gasteiger partial charge in [0.15, 0.2) is 0 Å². The Morgan fingerprint density at radius 1 is 1.15 bits per heavy atom. The van der Waals surface area contributed by atoms with Gasteiger partial charge in [0.05, 0.1) is 18.3 Å². The number of anilines is 2. The molecule has 0 aromatic carbocycles. The van der Waals surface area contributed by atoms with Crippen LogP contribution in [0.2, 0.25) is 0 Å². The predicted octanol–water partition coefficient (Wildman–Crippen LogP) is 0.990. The molecule has 0 amide bonds. The lowest BCUT2D eigenvalue weighted by atomic mass is 10.3. The largest absolute Gasteiger partial charge is 0.481 e. The molecule has 1 heterocycles. The lowest BCUT2D eigenvalue weighted by molar-refractivity contribution is -0.136. The average Bonchev–Trinajstić information content (AvgIpc) is 2.38. The molecule has 1 aromatic rings. The lowest BCUT2D eigenvalue weighted by Crippen LogP contribution is -2.33. The molecular weight excluding hydrogens is 256 g/mol. The Bertz CT molecular complexity index is 418. The molecule has 0 aliphatic carbocycles. The van der Waals surface area contributed by atoms with Crippen LogP contribution in [0.3, 0.4) is 0 Å². The van der Waals surface area contributed by atoms with E-state index in [-0.39, 0.29) is 6.42 Å². The molecule has 0 bridgehead atoms. The van der Waals surface area contributed by atoms with Crippen LogP contribution in [0.4, 0.5) is 11.5 Å². The topological polar surface area (TPSA) is 59.9 Å². The van der Waals surface area contributed by atoms with E-state index < -0.39 is 5.97 Å². The Morgan fingerprint density at radius 2 is 1.85 bits per heavy atom. The molecule has 20 heavy (non-hydrogen) atoms. The van der Waals surface area contributed by atoms with Crippen molar-refractivity contribution < 1.29 is 9.90 Å². The number of carboxylic acid groups (broad SMARTS) is 1. The molecular formula is C14H24N4O2. The molecule has 0 saturated heterocycles. The van der Waals surface area contributed by atoms with Crippen molar-refractivity contribution in [3.8, 4) is 0 Å². The second-order valence-corrected chi connectivity index (χ2v) is 5.20. The number of hydrogen-bond donors (Lipinski definition) is 1. The van der Waals surface area contributed by atoms with Gasteiger partial charge >= 0.3 is 5.97 Å². The lowest BCUT2D eigenvalue weighted by Gasteiger charge is -2.26. The third-order valence-corrected chi connectivity index (χ3v) is 2.97. The van der Waals surface area contributed by atoms with Gasteiger partial charge in [-0.2, -0.15) is 0 Å². The van der Waals surface area contributed by atoms with Crippen molar-refractivity contribution in [2.45, 2.75) is 6.42 Å². The van der Waals surface area contributed by atoms with Crippen LogP contribution in [-0.2, 0) is 4.79 Å². The van der Waals surface area contributed by atoms with E-state index in [4.69, 9.17) is 5.11 Å². The zero-order valence-electron chi connectivity index (χ0n) is 12.7. The van der Waals surface area contributed by atoms with Crippen molar-refractivity contribution in [3.63, 3.8) is 0 Å². The number of pyridine rings is 1. The Morgan fingerprint density at radius 3 is 2.30 bits per heavy atom. The number of likely N-dealkylation sites (N-methyl/N-ethyl adjacent to an activating group) is 1. The summed E-state index contributed by atoms with van der Waals surface area (Å²) in [5.41, 5.74) is 0.957. The van der Waals surface area contributed by atoms with Crippen LogP contribution >= 0.6 is 0 Å². The van der Waals surface area contributed by atoms with Gasteiger partial charge in [-0.05, 0) is 26.2 Å². The fourth-order valence-corrected chi connectivity index (χ4v) is 1.75. The van der Waals surface area contributed by atoms with Gasteiger partial charge in [-0.3, -0.25) is 4.79 Å². The fraction of sp³-hybridized carbons (Fsp3) is 0.571. The minimum atomic E-state index is -0.780. The van der Waals surface area contributed by atoms with Crippen LogP contribution in [0.15, 0.2) is 18.3 Å². The normalized spacial score (nSPS) is 10.7. The van der Waals surface area contributed by atoms with Crippen LogP contribution in [-0.4, -0.2) is 68.8 Å². The first-order valence-electron chi connectivity index (χ1n) is 6.65. The summed E-state index contributed by atoms with van der Waals surface area (Å²) in [4.78, 5) is 21.2. The molecule has 1 rings (SSSR count). The van der Waals surface area contributed by atoms with Crippen molar-refractivity contribution in [3.05, 3.63) is 18.3 Å². The van der Waals surface area contributed by atoms with Gasteiger partial charge in [-0.25, -0.2) is 4.98 Å². The quantitative estimate of drug-likeness (QED) is 0.766. The van der Waals surface area contributed by atoms with Gasteiger partial charge in [-0.15, -0.1) is 0 Å². The van der Waals surface area contributed by atoms with Gasteiger partial charge in [0.1, 0.15) is 5.82 Å². The van der Waals surface area contributed by atoms with Crippen LogP contribution in [0.1, 0.15) is 6.42 Å². The Kier molecular flexibility index (Phi) is 6.24. The van der Waals surface area contributed by atoms with Crippen LogP contribution in [0, 0.1) is 0 Å². The van der Waals surface area contributed by atoms with Gasteiger partial charge in [-0.1, -0.05) is 0 Å². The maximum atomic E-state index is 10.8. The first-order chi connectivity index (χ1) is 9.40. The predicted molar refractivity (Wildman–Crippen MR) is 81.6 cm³/mol. The molecule has 6 heteroatoms. The molecule has 0 radical (unpaired) electrons. The summed E-state index contributed by atoms with van der Waals surface area (Å²) in [5.74, 6) is 0.109. The molecule has 0 aliphatic rings. The zero-order chi connectivity index (χ0) is 15.1. The number of aromatic nitrogens is 1. The van der Waals surface area contributed by atoms with E-state index in [0.717, 1.165) is 24.6 Å². The smallest absolute Gasteiger partial charge is 0.305 e. The second-order valence-electron chi connectivity index (χ2n) is 5.20. The standard InChI is InChI=1S/C14H24N4O2/c1-16(2)9-10-18(8-7-14(19)20)12-5-6-13(15-11-12)17(3)4/h5-6,11H,7-10H2,1-4H3,(H,19,20). The minimum absolute atomic E-state index is 0.128. The molecule has 0 unspecified atom stereocenters. The molecule has 0 atom stereocenters. The molecule has 0 spiro atoms. The highest BCUT2D eigenvalue weighted by atomic mass is 16.4. The van der Waals surface area contributed by atoms with E-state index >= 15 is 0 Å². The van der Waals surface area contributed by atoms with Gasteiger partial charge in [0.2, 0.25) is 0 Å². The van der Waals surface area contributed by atoms with Crippen molar-refractivity contribution in [1.29, 1.82) is 0 Å². The van der Waals surface area contributed by atoms with Crippen LogP contribution in [0.25, 0.3) is 0 Å². The van der Waals surface area contributed by atoms with E-state index in [0.29, 0.717) is 6.54 Å². The summed E-state index contributed by atoms with van der Waals surface area (Å²) in [5, 5.41) is 8.84. The van der Waals surface area contributed by atoms with E-state index in [2.05, 4.69) is 14.8 Å². The number of carboxylic acids is 1. The zero-order valence-corrected chi connectivity index (χ0v) is 12.7. The van der Waals surface area contributed by atoms with Gasteiger partial charge in [0.25, 0.3) is 0 Å². The SMILES string of the molecule is CN(C)CCN(CCC(=O)O)c1ccc(N(C)C)nc1. The Balaban J connectivity index is 2.76. The minimum Gasteiger partial charge on any atom is -0.481 e. The van der Waals surface area contributed by atoms with E-state index in [1.807, 2.05) is 45.2 Å². The third kappa shape index (κ3) is 5.44. The van der Waals surface area contributed by atoms with Crippen molar-refractivity contribution in [1.82, 2.24) is 9.88 Å². The molecule has 112 valence electrons. The third-order valence-electron chi connectivity index (χ3n) is 2.97. The maximum Gasteiger partial charge on any atom is 0.305 e. The number of nitrogens with zero attached hydrogens (tertiary/aromatic N) is 4. The molecule has 0 fully saturated rings. The number of hydrogen-bond acceptors (Lipinski definition) is 5. The fourth-order valence-electron chi connectivity index (χ4n) is 1.75. The first-order valence-corrected chi connectivity index (χ1v) is 6.65. The Hall–Kier alpha value is -1.82. The molecule has 0 saturated carbocycles. The summed E-state index contributed by atoms with van der Waals surface area (Å²) in [6, 6.07) is 3.93. The molecule has 6 nitrogen and oxygen atoms in total. The van der Waals surface area contributed by atoms with Crippen molar-refractivity contribution >= 4 is 17.5 Å². The van der Waals surface area contributed by atoms with Crippen molar-refractivity contribution in [2.24, 2.45) is 0 Å². The number of carbonyl (C=O) groups is 1. The van der Waals surface area contributed by atoms with Gasteiger partial charge < -0.3 is 19.8 Å². The highest BCUT2D eigenvalue weighted by molar-refractivity contribution is 5.67. The summed E-state index contributed by atoms with van der Waals surface area (Å²) in [6.45, 7) is 2.14. The molecule has 0 aliphatic heterocycles. The molecule has 1 aromatic heterocycles. The number of rotatable bonds is 8. The first kappa shape index (κ1) is 16.2. The summed E-state index contributed by atoms with van der Waals surface area (Å²) in [7, 11) is 7.89. The maximum absolute atomic E-state index is 10.8. The number of aliphatic carboxylic acids is 1.